The van der Waals surface area contributed by atoms with Gasteiger partial charge in [0.05, 0.1) is 0 Å². The predicted molar refractivity (Wildman–Crippen MR) is 61.0 cm³/mol. The number of allylic oxidation sites excluding steroid dienone is 3. The molecule has 1 heteroatoms. The molecule has 13 heavy (non-hydrogen) atoms. The van der Waals surface area contributed by atoms with Crippen molar-refractivity contribution >= 4 is 5.71 Å². The first-order chi connectivity index (χ1) is 6.15. The van der Waals surface area contributed by atoms with Gasteiger partial charge in [0.25, 0.3) is 0 Å². The van der Waals surface area contributed by atoms with Gasteiger partial charge in [0.2, 0.25) is 0 Å². The van der Waals surface area contributed by atoms with Crippen molar-refractivity contribution in [3.63, 3.8) is 0 Å². The van der Waals surface area contributed by atoms with E-state index in [4.69, 9.17) is 0 Å². The van der Waals surface area contributed by atoms with Crippen LogP contribution in [0.4, 0.5) is 0 Å². The molecule has 0 fully saturated rings. The van der Waals surface area contributed by atoms with E-state index in [2.05, 4.69) is 38.9 Å². The normalized spacial score (nSPS) is 13.2. The molecule has 0 aromatic carbocycles. The third-order valence-electron chi connectivity index (χ3n) is 1.85. The lowest BCUT2D eigenvalue weighted by Crippen LogP contribution is -2.02. The molecule has 0 saturated carbocycles. The molecule has 0 N–H and O–H groups in total. The minimum absolute atomic E-state index is 0.427. The third kappa shape index (κ3) is 4.46. The lowest BCUT2D eigenvalue weighted by molar-refractivity contribution is 0.888. The zero-order chi connectivity index (χ0) is 10.3. The van der Waals surface area contributed by atoms with Gasteiger partial charge in [-0.1, -0.05) is 40.0 Å². The fraction of sp³-hybridized carbons (Fsp3) is 0.417. The highest BCUT2D eigenvalue weighted by Gasteiger charge is 1.97. The minimum Gasteiger partial charge on any atom is -0.261 e. The monoisotopic (exact) mass is 177 g/mol. The van der Waals surface area contributed by atoms with Crippen molar-refractivity contribution in [2.75, 3.05) is 0 Å². The van der Waals surface area contributed by atoms with Gasteiger partial charge >= 0.3 is 0 Å². The molecule has 0 radical (unpaired) electrons. The number of aliphatic imine (C=N–C) groups is 1. The van der Waals surface area contributed by atoms with E-state index in [-0.39, 0.29) is 0 Å². The number of nitrogens with zero attached hydrogens (tertiary/aromatic N) is 1. The summed E-state index contributed by atoms with van der Waals surface area (Å²) in [4.78, 5) is 4.35. The highest BCUT2D eigenvalue weighted by molar-refractivity contribution is 5.96. The van der Waals surface area contributed by atoms with Crippen molar-refractivity contribution < 1.29 is 0 Å². The molecule has 0 saturated heterocycles. The average molecular weight is 177 g/mol. The summed E-state index contributed by atoms with van der Waals surface area (Å²) in [5.41, 5.74) is 2.17. The molecular formula is C12H19N. The molecule has 0 aliphatic carbocycles. The molecule has 0 aliphatic heterocycles. The van der Waals surface area contributed by atoms with Gasteiger partial charge in [0, 0.05) is 11.9 Å². The second-order valence-electron chi connectivity index (χ2n) is 3.17. The van der Waals surface area contributed by atoms with E-state index in [1.54, 1.807) is 6.08 Å². The molecule has 0 rings (SSSR count). The maximum Gasteiger partial charge on any atom is 0.0423 e. The Morgan fingerprint density at radius 1 is 1.31 bits per heavy atom. The average Bonchev–Trinajstić information content (AvgIpc) is 2.12. The van der Waals surface area contributed by atoms with Crippen molar-refractivity contribution in [3.05, 3.63) is 37.1 Å². The molecule has 0 atom stereocenters. The summed E-state index contributed by atoms with van der Waals surface area (Å²) in [6.07, 6.45) is 6.47. The van der Waals surface area contributed by atoms with Crippen molar-refractivity contribution in [3.8, 4) is 0 Å². The van der Waals surface area contributed by atoms with Crippen LogP contribution in [0.25, 0.3) is 0 Å². The highest BCUT2D eigenvalue weighted by atomic mass is 14.7. The Morgan fingerprint density at radius 3 is 2.23 bits per heavy atom. The number of hydrogen-bond acceptors (Lipinski definition) is 1. The standard InChI is InChI=1S/C12H19N/c1-6-11(7-2)9-13-12(8-3)10(4)5/h6,8-10H,1,3,7H2,2,4-5H3/b11-9+,13-12?. The molecule has 0 aromatic rings. The second kappa shape index (κ2) is 6.41. The zero-order valence-electron chi connectivity index (χ0n) is 8.88. The van der Waals surface area contributed by atoms with Crippen LogP contribution in [0, 0.1) is 5.92 Å². The molecule has 0 spiro atoms. The van der Waals surface area contributed by atoms with Crippen LogP contribution in [-0.4, -0.2) is 5.71 Å². The van der Waals surface area contributed by atoms with Crippen LogP contribution in [0.1, 0.15) is 27.2 Å². The lowest BCUT2D eigenvalue weighted by Gasteiger charge is -2.02. The van der Waals surface area contributed by atoms with Crippen LogP contribution in [0.5, 0.6) is 0 Å². The molecule has 0 aromatic heterocycles. The van der Waals surface area contributed by atoms with Gasteiger partial charge in [-0.2, -0.15) is 0 Å². The van der Waals surface area contributed by atoms with Crippen LogP contribution in [0.3, 0.4) is 0 Å². The Morgan fingerprint density at radius 2 is 1.92 bits per heavy atom. The van der Waals surface area contributed by atoms with Crippen LogP contribution < -0.4 is 0 Å². The SMILES string of the molecule is C=CC(=N/C=C(\C=C)CC)C(C)C. The topological polar surface area (TPSA) is 12.4 Å². The quantitative estimate of drug-likeness (QED) is 0.448. The van der Waals surface area contributed by atoms with Crippen molar-refractivity contribution in [1.29, 1.82) is 0 Å². The second-order valence-corrected chi connectivity index (χ2v) is 3.17. The summed E-state index contributed by atoms with van der Waals surface area (Å²) in [6.45, 7) is 13.7. The first-order valence-corrected chi connectivity index (χ1v) is 4.67. The Hall–Kier alpha value is -1.11. The molecule has 0 aliphatic rings. The first kappa shape index (κ1) is 11.9. The van der Waals surface area contributed by atoms with Crippen molar-refractivity contribution in [2.45, 2.75) is 27.2 Å². The zero-order valence-corrected chi connectivity index (χ0v) is 8.88. The minimum atomic E-state index is 0.427. The van der Waals surface area contributed by atoms with Crippen molar-refractivity contribution in [2.24, 2.45) is 10.9 Å². The summed E-state index contributed by atoms with van der Waals surface area (Å²) in [5, 5.41) is 0. The largest absolute Gasteiger partial charge is 0.261 e. The van der Waals surface area contributed by atoms with Gasteiger partial charge < -0.3 is 0 Å². The molecule has 0 unspecified atom stereocenters. The summed E-state index contributed by atoms with van der Waals surface area (Å²) >= 11 is 0. The van der Waals surface area contributed by atoms with Gasteiger partial charge in [-0.25, -0.2) is 0 Å². The molecule has 1 nitrogen and oxygen atoms in total. The maximum absolute atomic E-state index is 4.35. The van der Waals surface area contributed by atoms with Crippen LogP contribution >= 0.6 is 0 Å². The van der Waals surface area contributed by atoms with Gasteiger partial charge in [-0.3, -0.25) is 4.99 Å². The van der Waals surface area contributed by atoms with Gasteiger partial charge in [0.15, 0.2) is 0 Å². The van der Waals surface area contributed by atoms with Crippen LogP contribution in [-0.2, 0) is 0 Å². The van der Waals surface area contributed by atoms with E-state index >= 15 is 0 Å². The summed E-state index contributed by atoms with van der Waals surface area (Å²) in [6, 6.07) is 0. The fourth-order valence-corrected chi connectivity index (χ4v) is 0.883. The van der Waals surface area contributed by atoms with E-state index in [0.717, 1.165) is 17.7 Å². The van der Waals surface area contributed by atoms with E-state index in [0.29, 0.717) is 5.92 Å². The number of rotatable bonds is 5. The van der Waals surface area contributed by atoms with Crippen LogP contribution in [0.15, 0.2) is 42.1 Å². The fourth-order valence-electron chi connectivity index (χ4n) is 0.883. The maximum atomic E-state index is 4.35. The Bertz CT molecular complexity index is 232. The van der Waals surface area contributed by atoms with E-state index in [9.17, 15) is 0 Å². The molecular weight excluding hydrogens is 158 g/mol. The summed E-state index contributed by atoms with van der Waals surface area (Å²) < 4.78 is 0. The lowest BCUT2D eigenvalue weighted by atomic mass is 10.1. The molecule has 0 amide bonds. The van der Waals surface area contributed by atoms with E-state index < -0.39 is 0 Å². The molecule has 0 heterocycles. The summed E-state index contributed by atoms with van der Waals surface area (Å²) in [5.74, 6) is 0.427. The summed E-state index contributed by atoms with van der Waals surface area (Å²) in [7, 11) is 0. The number of hydrogen-bond donors (Lipinski definition) is 0. The Balaban J connectivity index is 4.60. The van der Waals surface area contributed by atoms with E-state index in [1.165, 1.54) is 0 Å². The molecule has 72 valence electrons. The van der Waals surface area contributed by atoms with Crippen LogP contribution in [0.2, 0.25) is 0 Å². The highest BCUT2D eigenvalue weighted by Crippen LogP contribution is 2.04. The third-order valence-corrected chi connectivity index (χ3v) is 1.85. The Labute approximate surface area is 81.6 Å². The predicted octanol–water partition coefficient (Wildman–Crippen LogP) is 3.75. The van der Waals surface area contributed by atoms with Crippen molar-refractivity contribution in [1.82, 2.24) is 0 Å². The van der Waals surface area contributed by atoms with Gasteiger partial charge in [0.1, 0.15) is 0 Å². The smallest absolute Gasteiger partial charge is 0.0423 e. The molecule has 0 bridgehead atoms. The van der Waals surface area contributed by atoms with E-state index in [1.807, 2.05) is 12.3 Å². The Kier molecular flexibility index (Phi) is 5.86. The van der Waals surface area contributed by atoms with Gasteiger partial charge in [-0.15, -0.1) is 0 Å². The first-order valence-electron chi connectivity index (χ1n) is 4.67. The van der Waals surface area contributed by atoms with Gasteiger partial charge in [-0.05, 0) is 24.0 Å².